The molecule has 1 unspecified atom stereocenters. The highest BCUT2D eigenvalue weighted by Crippen LogP contribution is 2.38. The van der Waals surface area contributed by atoms with E-state index in [9.17, 15) is 4.79 Å². The average Bonchev–Trinajstić information content (AvgIpc) is 2.83. The summed E-state index contributed by atoms with van der Waals surface area (Å²) in [7, 11) is 0. The molecule has 0 fully saturated rings. The third-order valence-electron chi connectivity index (χ3n) is 3.39. The van der Waals surface area contributed by atoms with Crippen molar-refractivity contribution >= 4 is 11.7 Å². The van der Waals surface area contributed by atoms with Crippen molar-refractivity contribution in [1.82, 2.24) is 20.2 Å². The molecule has 21 heavy (non-hydrogen) atoms. The third kappa shape index (κ3) is 2.28. The largest absolute Gasteiger partial charge is 0.488 e. The van der Waals surface area contributed by atoms with E-state index >= 15 is 0 Å². The van der Waals surface area contributed by atoms with Gasteiger partial charge in [0.15, 0.2) is 11.6 Å². The molecule has 2 heterocycles. The Labute approximate surface area is 120 Å². The molecule has 1 aliphatic heterocycles. The maximum absolute atomic E-state index is 11.2. The topological polar surface area (TPSA) is 105 Å². The molecule has 2 N–H and O–H groups in total. The lowest BCUT2D eigenvalue weighted by Gasteiger charge is -2.22. The first kappa shape index (κ1) is 13.3. The third-order valence-corrected chi connectivity index (χ3v) is 3.39. The summed E-state index contributed by atoms with van der Waals surface area (Å²) in [5.41, 5.74) is 7.19. The summed E-state index contributed by atoms with van der Waals surface area (Å²) in [4.78, 5) is 11.2. The summed E-state index contributed by atoms with van der Waals surface area (Å²) in [6.45, 7) is 3.40. The molecule has 2 aromatic rings. The van der Waals surface area contributed by atoms with Gasteiger partial charge in [-0.1, -0.05) is 6.07 Å². The molecule has 8 heteroatoms. The highest BCUT2D eigenvalue weighted by molar-refractivity contribution is 5.73. The van der Waals surface area contributed by atoms with Crippen LogP contribution in [0.4, 0.5) is 5.69 Å². The number of tetrazole rings is 1. The van der Waals surface area contributed by atoms with E-state index in [1.54, 1.807) is 17.7 Å². The number of ether oxygens (including phenoxy) is 2. The number of benzene rings is 1. The van der Waals surface area contributed by atoms with Crippen LogP contribution in [0.2, 0.25) is 0 Å². The monoisotopic (exact) mass is 289 g/mol. The Morgan fingerprint density at radius 3 is 3.14 bits per heavy atom. The smallest absolute Gasteiger partial charge is 0.302 e. The van der Waals surface area contributed by atoms with Crippen LogP contribution in [-0.2, 0) is 9.53 Å². The summed E-state index contributed by atoms with van der Waals surface area (Å²) in [6, 6.07) is 5.08. The number of hydrogen-bond donors (Lipinski definition) is 1. The van der Waals surface area contributed by atoms with Crippen LogP contribution in [0.1, 0.15) is 19.9 Å². The van der Waals surface area contributed by atoms with E-state index in [4.69, 9.17) is 15.2 Å². The zero-order valence-corrected chi connectivity index (χ0v) is 11.7. The van der Waals surface area contributed by atoms with Gasteiger partial charge in [-0.3, -0.25) is 4.79 Å². The van der Waals surface area contributed by atoms with Gasteiger partial charge < -0.3 is 15.2 Å². The fourth-order valence-corrected chi connectivity index (χ4v) is 2.40. The van der Waals surface area contributed by atoms with Crippen molar-refractivity contribution in [2.24, 2.45) is 0 Å². The van der Waals surface area contributed by atoms with Crippen molar-refractivity contribution < 1.29 is 14.3 Å². The lowest BCUT2D eigenvalue weighted by Crippen LogP contribution is -2.31. The number of anilines is 1. The Bertz CT molecular complexity index is 684. The predicted molar refractivity (Wildman–Crippen MR) is 73.4 cm³/mol. The van der Waals surface area contributed by atoms with Crippen molar-refractivity contribution in [1.29, 1.82) is 0 Å². The summed E-state index contributed by atoms with van der Waals surface area (Å²) >= 11 is 0. The molecule has 1 aromatic heterocycles. The van der Waals surface area contributed by atoms with E-state index in [2.05, 4.69) is 15.5 Å². The summed E-state index contributed by atoms with van der Waals surface area (Å²) in [5.74, 6) is 0.725. The lowest BCUT2D eigenvalue weighted by molar-refractivity contribution is -0.148. The Kier molecular flexibility index (Phi) is 3.20. The zero-order valence-electron chi connectivity index (χ0n) is 11.7. The molecule has 0 amide bonds. The number of esters is 1. The van der Waals surface area contributed by atoms with Crippen molar-refractivity contribution in [2.45, 2.75) is 26.0 Å². The number of nitrogens with two attached hydrogens (primary N) is 1. The number of nitrogens with zero attached hydrogens (tertiary/aromatic N) is 4. The first-order valence-electron chi connectivity index (χ1n) is 6.54. The lowest BCUT2D eigenvalue weighted by atomic mass is 10.1. The minimum Gasteiger partial charge on any atom is -0.488 e. The Hall–Kier alpha value is -2.64. The standard InChI is InChI=1S/C13H15N5O3/c1-7(21-8(2)19)11-6-20-12-9(4-3-5-10(12)14)13-15-16-17-18(11)13/h3-5,7,11H,6,14H2,1-2H3/t7?,11-/m0/s1. The maximum atomic E-state index is 11.2. The Morgan fingerprint density at radius 1 is 1.57 bits per heavy atom. The van der Waals surface area contributed by atoms with E-state index in [0.29, 0.717) is 17.3 Å². The molecule has 0 aliphatic carbocycles. The van der Waals surface area contributed by atoms with Crippen LogP contribution in [0, 0.1) is 0 Å². The molecule has 0 radical (unpaired) electrons. The molecular formula is C13H15N5O3. The minimum absolute atomic E-state index is 0.258. The quantitative estimate of drug-likeness (QED) is 0.644. The summed E-state index contributed by atoms with van der Waals surface area (Å²) in [6.07, 6.45) is -0.430. The van der Waals surface area contributed by atoms with Crippen molar-refractivity contribution in [3.05, 3.63) is 18.2 Å². The number of aromatic nitrogens is 4. The van der Waals surface area contributed by atoms with E-state index in [-0.39, 0.29) is 18.6 Å². The number of carbonyl (C=O) groups excluding carboxylic acids is 1. The number of rotatable bonds is 2. The fourth-order valence-electron chi connectivity index (χ4n) is 2.40. The molecule has 0 bridgehead atoms. The Balaban J connectivity index is 2.05. The highest BCUT2D eigenvalue weighted by atomic mass is 16.5. The molecule has 8 nitrogen and oxygen atoms in total. The molecule has 2 atom stereocenters. The number of nitrogen functional groups attached to an aromatic ring is 1. The van der Waals surface area contributed by atoms with Crippen molar-refractivity contribution in [2.75, 3.05) is 12.3 Å². The second-order valence-corrected chi connectivity index (χ2v) is 4.86. The van der Waals surface area contributed by atoms with Gasteiger partial charge in [0.05, 0.1) is 11.3 Å². The van der Waals surface area contributed by atoms with Gasteiger partial charge in [0.2, 0.25) is 0 Å². The number of carbonyl (C=O) groups is 1. The van der Waals surface area contributed by atoms with E-state index < -0.39 is 6.10 Å². The van der Waals surface area contributed by atoms with Crippen LogP contribution in [0.3, 0.4) is 0 Å². The second-order valence-electron chi connectivity index (χ2n) is 4.86. The highest BCUT2D eigenvalue weighted by Gasteiger charge is 2.31. The summed E-state index contributed by atoms with van der Waals surface area (Å²) < 4.78 is 12.6. The van der Waals surface area contributed by atoms with Crippen molar-refractivity contribution in [3.63, 3.8) is 0 Å². The molecule has 0 saturated carbocycles. The van der Waals surface area contributed by atoms with Gasteiger partial charge >= 0.3 is 5.97 Å². The molecular weight excluding hydrogens is 274 g/mol. The number of hydrogen-bond acceptors (Lipinski definition) is 7. The van der Waals surface area contributed by atoms with Crippen LogP contribution in [0.25, 0.3) is 11.4 Å². The molecule has 110 valence electrons. The van der Waals surface area contributed by atoms with Crippen LogP contribution in [0.15, 0.2) is 18.2 Å². The average molecular weight is 289 g/mol. The molecule has 1 aromatic carbocycles. The van der Waals surface area contributed by atoms with E-state index in [0.717, 1.165) is 5.56 Å². The normalized spacial score (nSPS) is 17.9. The molecule has 1 aliphatic rings. The van der Waals surface area contributed by atoms with Gasteiger partial charge in [-0.15, -0.1) is 5.10 Å². The molecule has 0 saturated heterocycles. The van der Waals surface area contributed by atoms with Crippen LogP contribution >= 0.6 is 0 Å². The number of para-hydroxylation sites is 1. The van der Waals surface area contributed by atoms with Crippen LogP contribution in [0.5, 0.6) is 5.75 Å². The fraction of sp³-hybridized carbons (Fsp3) is 0.385. The van der Waals surface area contributed by atoms with Crippen LogP contribution < -0.4 is 10.5 Å². The second kappa shape index (κ2) is 5.04. The SMILES string of the molecule is CC(=O)OC(C)[C@@H]1COc2c(N)cccc2-c2nnnn21. The zero-order chi connectivity index (χ0) is 15.0. The maximum Gasteiger partial charge on any atom is 0.302 e. The van der Waals surface area contributed by atoms with Gasteiger partial charge in [0.1, 0.15) is 18.8 Å². The number of fused-ring (bicyclic) bond motifs is 3. The van der Waals surface area contributed by atoms with E-state index in [1.165, 1.54) is 6.92 Å². The predicted octanol–water partition coefficient (Wildman–Crippen LogP) is 0.807. The minimum atomic E-state index is -0.430. The molecule has 0 spiro atoms. The van der Waals surface area contributed by atoms with Crippen LogP contribution in [-0.4, -0.2) is 38.9 Å². The first-order chi connectivity index (χ1) is 10.1. The Morgan fingerprint density at radius 2 is 2.38 bits per heavy atom. The first-order valence-corrected chi connectivity index (χ1v) is 6.54. The van der Waals surface area contributed by atoms with E-state index in [1.807, 2.05) is 12.1 Å². The van der Waals surface area contributed by atoms with Gasteiger partial charge in [0.25, 0.3) is 0 Å². The van der Waals surface area contributed by atoms with Gasteiger partial charge in [-0.05, 0) is 29.5 Å². The van der Waals surface area contributed by atoms with Gasteiger partial charge in [-0.2, -0.15) is 0 Å². The van der Waals surface area contributed by atoms with Gasteiger partial charge in [-0.25, -0.2) is 4.68 Å². The van der Waals surface area contributed by atoms with Crippen molar-refractivity contribution in [3.8, 4) is 17.1 Å². The van der Waals surface area contributed by atoms with Gasteiger partial charge in [0, 0.05) is 6.92 Å². The summed E-state index contributed by atoms with van der Waals surface area (Å²) in [5, 5.41) is 11.7. The molecule has 3 rings (SSSR count).